The molecule has 7 nitrogen and oxygen atoms in total. The summed E-state index contributed by atoms with van der Waals surface area (Å²) in [5.41, 5.74) is 3.38. The summed E-state index contributed by atoms with van der Waals surface area (Å²) in [5, 5.41) is 7.70. The summed E-state index contributed by atoms with van der Waals surface area (Å²) in [4.78, 5) is 23.1. The molecule has 0 aliphatic carbocycles. The van der Waals surface area contributed by atoms with Crippen LogP contribution in [-0.2, 0) is 0 Å². The minimum atomic E-state index is -0.535. The first kappa shape index (κ1) is 22.2. The van der Waals surface area contributed by atoms with Crippen molar-refractivity contribution in [3.63, 3.8) is 0 Å². The van der Waals surface area contributed by atoms with E-state index in [2.05, 4.69) is 45.2 Å². The number of aromatic nitrogens is 4. The lowest BCUT2D eigenvalue weighted by molar-refractivity contribution is 0.422. The Bertz CT molecular complexity index is 2170. The molecule has 0 bridgehead atoms. The summed E-state index contributed by atoms with van der Waals surface area (Å²) < 4.78 is 14.7. The van der Waals surface area contributed by atoms with Crippen LogP contribution in [0.1, 0.15) is 22.6 Å². The third kappa shape index (κ3) is 3.42. The van der Waals surface area contributed by atoms with Crippen LogP contribution >= 0.6 is 15.9 Å². The molecule has 186 valence electrons. The third-order valence-electron chi connectivity index (χ3n) is 7.15. The Labute approximate surface area is 229 Å². The Balaban J connectivity index is 1.41. The number of ether oxygens (including phenoxy) is 1. The van der Waals surface area contributed by atoms with Crippen molar-refractivity contribution >= 4 is 43.3 Å². The van der Waals surface area contributed by atoms with Gasteiger partial charge >= 0.3 is 5.63 Å². The van der Waals surface area contributed by atoms with Gasteiger partial charge < -0.3 is 9.15 Å². The predicted molar refractivity (Wildman–Crippen MR) is 151 cm³/mol. The standard InChI is InChI=1S/C31H17BrN4O3/c32-21-9-5-8-19(15-21)24-25-27(22-10-3-4-11-23(22)38-31(25)37)39-30-26(24)29-34-28(35-36(29)16-33-30)20-13-12-17-6-1-2-7-18(17)14-20/h1-16,24H. The van der Waals surface area contributed by atoms with E-state index in [0.717, 1.165) is 26.4 Å². The number of hydrogen-bond donors (Lipinski definition) is 0. The van der Waals surface area contributed by atoms with Crippen LogP contribution in [0.3, 0.4) is 0 Å². The summed E-state index contributed by atoms with van der Waals surface area (Å²) in [6.07, 6.45) is 1.60. The molecule has 39 heavy (non-hydrogen) atoms. The largest absolute Gasteiger partial charge is 0.437 e. The molecule has 7 aromatic rings. The van der Waals surface area contributed by atoms with Crippen molar-refractivity contribution in [1.29, 1.82) is 0 Å². The first-order valence-corrected chi connectivity index (χ1v) is 13.2. The van der Waals surface area contributed by atoms with E-state index in [9.17, 15) is 4.79 Å². The lowest BCUT2D eigenvalue weighted by Gasteiger charge is -2.27. The highest BCUT2D eigenvalue weighted by atomic mass is 79.9. The van der Waals surface area contributed by atoms with E-state index >= 15 is 0 Å². The first-order valence-electron chi connectivity index (χ1n) is 12.4. The molecule has 8 rings (SSSR count). The lowest BCUT2D eigenvalue weighted by Crippen LogP contribution is -2.22. The van der Waals surface area contributed by atoms with E-state index in [1.165, 1.54) is 0 Å². The molecule has 0 radical (unpaired) electrons. The number of benzene rings is 4. The van der Waals surface area contributed by atoms with Crippen LogP contribution in [0.4, 0.5) is 0 Å². The molecule has 1 aliphatic heterocycles. The summed E-state index contributed by atoms with van der Waals surface area (Å²) in [5.74, 6) is 0.853. The molecule has 3 aromatic heterocycles. The maximum atomic E-state index is 13.5. The average Bonchev–Trinajstić information content (AvgIpc) is 3.41. The summed E-state index contributed by atoms with van der Waals surface area (Å²) in [6, 6.07) is 29.5. The lowest BCUT2D eigenvalue weighted by atomic mass is 9.84. The van der Waals surface area contributed by atoms with Crippen LogP contribution in [0, 0.1) is 0 Å². The predicted octanol–water partition coefficient (Wildman–Crippen LogP) is 7.10. The highest BCUT2D eigenvalue weighted by molar-refractivity contribution is 9.10. The Morgan fingerprint density at radius 1 is 0.846 bits per heavy atom. The molecular formula is C31H17BrN4O3. The molecule has 1 aliphatic rings. The van der Waals surface area contributed by atoms with E-state index in [1.807, 2.05) is 60.7 Å². The van der Waals surface area contributed by atoms with Crippen molar-refractivity contribution in [3.05, 3.63) is 129 Å². The molecule has 0 saturated carbocycles. The van der Waals surface area contributed by atoms with Crippen molar-refractivity contribution < 1.29 is 9.15 Å². The van der Waals surface area contributed by atoms with Crippen LogP contribution in [0.2, 0.25) is 0 Å². The minimum absolute atomic E-state index is 0.383. The molecular weight excluding hydrogens is 556 g/mol. The molecule has 4 heterocycles. The maximum Gasteiger partial charge on any atom is 0.344 e. The van der Waals surface area contributed by atoms with E-state index in [1.54, 1.807) is 16.9 Å². The maximum absolute atomic E-state index is 13.5. The van der Waals surface area contributed by atoms with Gasteiger partial charge in [0.1, 0.15) is 11.9 Å². The number of rotatable bonds is 2. The highest BCUT2D eigenvalue weighted by Gasteiger charge is 2.37. The van der Waals surface area contributed by atoms with Gasteiger partial charge in [-0.25, -0.2) is 19.3 Å². The van der Waals surface area contributed by atoms with Gasteiger partial charge in [0.2, 0.25) is 5.88 Å². The normalized spacial score (nSPS) is 14.3. The molecule has 1 unspecified atom stereocenters. The highest BCUT2D eigenvalue weighted by Crippen LogP contribution is 2.49. The number of halogens is 1. The second kappa shape index (κ2) is 8.34. The zero-order valence-corrected chi connectivity index (χ0v) is 21.8. The van der Waals surface area contributed by atoms with E-state index < -0.39 is 11.5 Å². The smallest absolute Gasteiger partial charge is 0.344 e. The zero-order chi connectivity index (χ0) is 26.1. The molecule has 0 amide bonds. The van der Waals surface area contributed by atoms with Gasteiger partial charge in [0.05, 0.1) is 22.4 Å². The Morgan fingerprint density at radius 3 is 2.59 bits per heavy atom. The quantitative estimate of drug-likeness (QED) is 0.205. The summed E-state index contributed by atoms with van der Waals surface area (Å²) in [6.45, 7) is 0. The van der Waals surface area contributed by atoms with Crippen molar-refractivity contribution in [2.45, 2.75) is 5.92 Å². The topological polar surface area (TPSA) is 82.5 Å². The van der Waals surface area contributed by atoms with Crippen molar-refractivity contribution in [3.8, 4) is 23.0 Å². The second-order valence-corrected chi connectivity index (χ2v) is 10.4. The molecule has 1 atom stereocenters. The summed E-state index contributed by atoms with van der Waals surface area (Å²) >= 11 is 3.59. The zero-order valence-electron chi connectivity index (χ0n) is 20.2. The van der Waals surface area contributed by atoms with E-state index in [0.29, 0.717) is 45.2 Å². The number of fused-ring (bicyclic) bond motifs is 7. The Hall–Kier alpha value is -4.82. The molecule has 4 aromatic carbocycles. The monoisotopic (exact) mass is 572 g/mol. The first-order chi connectivity index (χ1) is 19.1. The Morgan fingerprint density at radius 2 is 1.69 bits per heavy atom. The van der Waals surface area contributed by atoms with Gasteiger partial charge in [0, 0.05) is 10.0 Å². The minimum Gasteiger partial charge on any atom is -0.437 e. The molecule has 0 spiro atoms. The second-order valence-electron chi connectivity index (χ2n) is 9.45. The number of para-hydroxylation sites is 1. The van der Waals surface area contributed by atoms with Gasteiger partial charge in [0.15, 0.2) is 17.2 Å². The average molecular weight is 573 g/mol. The van der Waals surface area contributed by atoms with E-state index in [4.69, 9.17) is 19.2 Å². The van der Waals surface area contributed by atoms with Crippen LogP contribution in [-0.4, -0.2) is 19.6 Å². The SMILES string of the molecule is O=c1oc2ccccc2c2c1C(c1cccc(Br)c1)c1c(ncn3nc(-c4ccc5ccccc5c4)nc13)O2. The fraction of sp³-hybridized carbons (Fsp3) is 0.0323. The molecule has 8 heteroatoms. The van der Waals surface area contributed by atoms with Gasteiger partial charge in [-0.15, -0.1) is 5.10 Å². The number of nitrogens with zero attached hydrogens (tertiary/aromatic N) is 4. The molecule has 0 fully saturated rings. The molecule has 0 saturated heterocycles. The van der Waals surface area contributed by atoms with E-state index in [-0.39, 0.29) is 0 Å². The van der Waals surface area contributed by atoms with Crippen LogP contribution in [0.5, 0.6) is 11.6 Å². The fourth-order valence-electron chi connectivity index (χ4n) is 5.40. The third-order valence-corrected chi connectivity index (χ3v) is 7.64. The number of hydrogen-bond acceptors (Lipinski definition) is 6. The summed E-state index contributed by atoms with van der Waals surface area (Å²) in [7, 11) is 0. The van der Waals surface area contributed by atoms with Crippen molar-refractivity contribution in [2.24, 2.45) is 0 Å². The van der Waals surface area contributed by atoms with Crippen LogP contribution in [0.25, 0.3) is 38.8 Å². The van der Waals surface area contributed by atoms with Crippen LogP contribution < -0.4 is 10.4 Å². The fourth-order valence-corrected chi connectivity index (χ4v) is 5.82. The van der Waals surface area contributed by atoms with Gasteiger partial charge in [-0.05, 0) is 46.7 Å². The van der Waals surface area contributed by atoms with Gasteiger partial charge in [0.25, 0.3) is 0 Å². The Kier molecular flexibility index (Phi) is 4.75. The van der Waals surface area contributed by atoms with Gasteiger partial charge in [-0.1, -0.05) is 76.6 Å². The van der Waals surface area contributed by atoms with Gasteiger partial charge in [-0.2, -0.15) is 0 Å². The van der Waals surface area contributed by atoms with Crippen molar-refractivity contribution in [2.75, 3.05) is 0 Å². The van der Waals surface area contributed by atoms with Gasteiger partial charge in [-0.3, -0.25) is 0 Å². The molecule has 0 N–H and O–H groups in total. The van der Waals surface area contributed by atoms with Crippen LogP contribution in [0.15, 0.2) is 111 Å². The van der Waals surface area contributed by atoms with Crippen molar-refractivity contribution in [1.82, 2.24) is 19.6 Å².